The highest BCUT2D eigenvalue weighted by molar-refractivity contribution is 5.88. The highest BCUT2D eigenvalue weighted by atomic mass is 19.4. The molecule has 3 heterocycles. The summed E-state index contributed by atoms with van der Waals surface area (Å²) < 4.78 is 46.0. The van der Waals surface area contributed by atoms with E-state index in [1.54, 1.807) is 6.07 Å². The van der Waals surface area contributed by atoms with Crippen LogP contribution in [0.25, 0.3) is 16.4 Å². The van der Waals surface area contributed by atoms with Gasteiger partial charge < -0.3 is 15.0 Å². The molecule has 1 aliphatic rings. The summed E-state index contributed by atoms with van der Waals surface area (Å²) in [5.41, 5.74) is 0.0288. The highest BCUT2D eigenvalue weighted by Crippen LogP contribution is 2.29. The first-order valence-corrected chi connectivity index (χ1v) is 11.3. The number of hydrogen-bond acceptors (Lipinski definition) is 6. The number of fused-ring (bicyclic) bond motifs is 2. The van der Waals surface area contributed by atoms with Crippen molar-refractivity contribution in [2.75, 3.05) is 31.1 Å². The largest absolute Gasteiger partial charge is 0.491 e. The average Bonchev–Trinajstić information content (AvgIpc) is 3.31. The van der Waals surface area contributed by atoms with Crippen molar-refractivity contribution in [1.29, 1.82) is 0 Å². The van der Waals surface area contributed by atoms with Gasteiger partial charge in [0.05, 0.1) is 6.54 Å². The maximum atomic E-state index is 13.1. The molecule has 4 aromatic rings. The van der Waals surface area contributed by atoms with E-state index in [1.807, 2.05) is 47.4 Å². The number of piperidine rings is 1. The highest BCUT2D eigenvalue weighted by Gasteiger charge is 2.38. The van der Waals surface area contributed by atoms with Crippen molar-refractivity contribution >= 4 is 28.1 Å². The molecule has 2 aromatic carbocycles. The van der Waals surface area contributed by atoms with Gasteiger partial charge in [-0.3, -0.25) is 4.79 Å². The molecule has 182 valence electrons. The number of anilines is 1. The number of halogens is 3. The van der Waals surface area contributed by atoms with Gasteiger partial charge in [0.25, 0.3) is 5.82 Å². The Kier molecular flexibility index (Phi) is 6.14. The summed E-state index contributed by atoms with van der Waals surface area (Å²) in [6.45, 7) is 1.75. The SMILES string of the molecule is O=C(NCCOc1cccc2ccccc12)C1CCN(c2ccc3nnc(C(F)(F)F)n3n2)CC1. The standard InChI is InChI=1S/C24H23F3N6O2/c25-24(26,27)23-30-29-20-8-9-21(31-33(20)23)32-13-10-17(11-14-32)22(34)28-12-15-35-19-7-3-5-16-4-1-2-6-18(16)19/h1-9,17H,10-15H2,(H,28,34). The zero-order valence-corrected chi connectivity index (χ0v) is 18.7. The molecule has 0 saturated carbocycles. The van der Waals surface area contributed by atoms with E-state index in [0.29, 0.717) is 49.4 Å². The van der Waals surface area contributed by atoms with E-state index < -0.39 is 12.0 Å². The fourth-order valence-corrected chi connectivity index (χ4v) is 4.30. The summed E-state index contributed by atoms with van der Waals surface area (Å²) in [5.74, 6) is -0.211. The van der Waals surface area contributed by atoms with Gasteiger partial charge in [-0.25, -0.2) is 0 Å². The Morgan fingerprint density at radius 1 is 1.03 bits per heavy atom. The second-order valence-corrected chi connectivity index (χ2v) is 8.36. The lowest BCUT2D eigenvalue weighted by atomic mass is 9.96. The molecule has 1 amide bonds. The molecule has 11 heteroatoms. The van der Waals surface area contributed by atoms with Crippen LogP contribution in [0.3, 0.4) is 0 Å². The van der Waals surface area contributed by atoms with Gasteiger partial charge in [0.1, 0.15) is 18.2 Å². The number of carbonyl (C=O) groups is 1. The van der Waals surface area contributed by atoms with Crippen molar-refractivity contribution in [2.24, 2.45) is 5.92 Å². The van der Waals surface area contributed by atoms with Gasteiger partial charge in [-0.15, -0.1) is 15.3 Å². The molecule has 1 aliphatic heterocycles. The number of nitrogens with one attached hydrogen (secondary N) is 1. The Balaban J connectivity index is 1.12. The normalized spacial score (nSPS) is 15.0. The lowest BCUT2D eigenvalue weighted by molar-refractivity contribution is -0.146. The molecule has 1 N–H and O–H groups in total. The maximum Gasteiger partial charge on any atom is 0.453 e. The van der Waals surface area contributed by atoms with E-state index in [4.69, 9.17) is 4.74 Å². The number of nitrogens with zero attached hydrogens (tertiary/aromatic N) is 5. The number of amides is 1. The number of alkyl halides is 3. The van der Waals surface area contributed by atoms with E-state index in [2.05, 4.69) is 20.6 Å². The van der Waals surface area contributed by atoms with Crippen LogP contribution >= 0.6 is 0 Å². The number of benzene rings is 2. The monoisotopic (exact) mass is 484 g/mol. The summed E-state index contributed by atoms with van der Waals surface area (Å²) >= 11 is 0. The minimum Gasteiger partial charge on any atom is -0.491 e. The van der Waals surface area contributed by atoms with E-state index in [0.717, 1.165) is 16.5 Å². The third kappa shape index (κ3) is 4.84. The van der Waals surface area contributed by atoms with Gasteiger partial charge in [0.2, 0.25) is 5.91 Å². The van der Waals surface area contributed by atoms with Crippen LogP contribution in [-0.2, 0) is 11.0 Å². The van der Waals surface area contributed by atoms with Crippen molar-refractivity contribution in [3.8, 4) is 5.75 Å². The topological polar surface area (TPSA) is 84.6 Å². The van der Waals surface area contributed by atoms with Gasteiger partial charge in [-0.2, -0.15) is 17.7 Å². The molecular formula is C24H23F3N6O2. The molecule has 0 spiro atoms. The van der Waals surface area contributed by atoms with Crippen molar-refractivity contribution < 1.29 is 22.7 Å². The van der Waals surface area contributed by atoms with Crippen LogP contribution in [0.5, 0.6) is 5.75 Å². The molecule has 0 aliphatic carbocycles. The van der Waals surface area contributed by atoms with Gasteiger partial charge >= 0.3 is 6.18 Å². The van der Waals surface area contributed by atoms with Crippen LogP contribution in [0.2, 0.25) is 0 Å². The Labute approximate surface area is 198 Å². The molecule has 2 aromatic heterocycles. The molecule has 0 unspecified atom stereocenters. The first kappa shape index (κ1) is 22.9. The molecule has 0 atom stereocenters. The Morgan fingerprint density at radius 2 is 1.80 bits per heavy atom. The Morgan fingerprint density at radius 3 is 2.60 bits per heavy atom. The van der Waals surface area contributed by atoms with E-state index in [-0.39, 0.29) is 17.5 Å². The van der Waals surface area contributed by atoms with Gasteiger partial charge in [-0.1, -0.05) is 36.4 Å². The van der Waals surface area contributed by atoms with Crippen molar-refractivity contribution in [1.82, 2.24) is 25.1 Å². The van der Waals surface area contributed by atoms with Crippen LogP contribution in [-0.4, -0.2) is 52.0 Å². The number of rotatable bonds is 6. The van der Waals surface area contributed by atoms with Gasteiger partial charge in [0, 0.05) is 24.4 Å². The number of aromatic nitrogens is 4. The second kappa shape index (κ2) is 9.40. The predicted octanol–water partition coefficient (Wildman–Crippen LogP) is 3.71. The first-order chi connectivity index (χ1) is 16.9. The zero-order valence-electron chi connectivity index (χ0n) is 18.7. The van der Waals surface area contributed by atoms with Crippen LogP contribution in [0.15, 0.2) is 54.6 Å². The van der Waals surface area contributed by atoms with E-state index >= 15 is 0 Å². The minimum atomic E-state index is -4.65. The number of carbonyl (C=O) groups excluding carboxylic acids is 1. The van der Waals surface area contributed by atoms with Crippen LogP contribution in [0.1, 0.15) is 18.7 Å². The quantitative estimate of drug-likeness (QED) is 0.420. The minimum absolute atomic E-state index is 0.0288. The van der Waals surface area contributed by atoms with Gasteiger partial charge in [0.15, 0.2) is 5.65 Å². The molecule has 0 bridgehead atoms. The van der Waals surface area contributed by atoms with Crippen LogP contribution in [0, 0.1) is 5.92 Å². The summed E-state index contributed by atoms with van der Waals surface area (Å²) in [4.78, 5) is 14.5. The van der Waals surface area contributed by atoms with Crippen molar-refractivity contribution in [3.05, 3.63) is 60.4 Å². The Hall–Kier alpha value is -3.89. The van der Waals surface area contributed by atoms with Crippen molar-refractivity contribution in [2.45, 2.75) is 19.0 Å². The average molecular weight is 484 g/mol. The summed E-state index contributed by atoms with van der Waals surface area (Å²) in [6, 6.07) is 16.9. The third-order valence-corrected chi connectivity index (χ3v) is 6.10. The molecule has 0 radical (unpaired) electrons. The number of ether oxygens (including phenoxy) is 1. The first-order valence-electron chi connectivity index (χ1n) is 11.3. The molecule has 1 fully saturated rings. The fraction of sp³-hybridized carbons (Fsp3) is 0.333. The lowest BCUT2D eigenvalue weighted by Gasteiger charge is -2.32. The molecule has 8 nitrogen and oxygen atoms in total. The summed E-state index contributed by atoms with van der Waals surface area (Å²) in [7, 11) is 0. The van der Waals surface area contributed by atoms with Crippen molar-refractivity contribution in [3.63, 3.8) is 0 Å². The molecule has 5 rings (SSSR count). The Bertz CT molecular complexity index is 1340. The lowest BCUT2D eigenvalue weighted by Crippen LogP contribution is -2.41. The zero-order chi connectivity index (χ0) is 24.4. The summed E-state index contributed by atoms with van der Waals surface area (Å²) in [5, 5.41) is 15.9. The maximum absolute atomic E-state index is 13.1. The smallest absolute Gasteiger partial charge is 0.453 e. The van der Waals surface area contributed by atoms with E-state index in [9.17, 15) is 18.0 Å². The third-order valence-electron chi connectivity index (χ3n) is 6.10. The number of hydrogen-bond donors (Lipinski definition) is 1. The molecule has 1 saturated heterocycles. The van der Waals surface area contributed by atoms with Crippen LogP contribution < -0.4 is 15.0 Å². The van der Waals surface area contributed by atoms with Crippen LogP contribution in [0.4, 0.5) is 19.0 Å². The predicted molar refractivity (Wildman–Crippen MR) is 123 cm³/mol. The second-order valence-electron chi connectivity index (χ2n) is 8.36. The fourth-order valence-electron chi connectivity index (χ4n) is 4.30. The van der Waals surface area contributed by atoms with Gasteiger partial charge in [-0.05, 0) is 36.4 Å². The molecular weight excluding hydrogens is 461 g/mol. The van der Waals surface area contributed by atoms with E-state index in [1.165, 1.54) is 6.07 Å². The molecule has 35 heavy (non-hydrogen) atoms. The summed E-state index contributed by atoms with van der Waals surface area (Å²) in [6.07, 6.45) is -3.50.